The van der Waals surface area contributed by atoms with Crippen LogP contribution in [0.5, 0.6) is 0 Å². The van der Waals surface area contributed by atoms with Gasteiger partial charge in [-0.15, -0.1) is 56.7 Å². The molecular formula is C116H63N9O2S5. The summed E-state index contributed by atoms with van der Waals surface area (Å²) in [7, 11) is 0. The van der Waals surface area contributed by atoms with Crippen LogP contribution in [0, 0.1) is 0 Å². The maximum atomic E-state index is 6.84. The zero-order valence-electron chi connectivity index (χ0n) is 69.8. The molecule has 0 spiro atoms. The van der Waals surface area contributed by atoms with Crippen LogP contribution in [0.4, 0.5) is 0 Å². The molecule has 0 atom stereocenters. The summed E-state index contributed by atoms with van der Waals surface area (Å²) in [6.45, 7) is 0. The molecule has 13 heterocycles. The van der Waals surface area contributed by atoms with Gasteiger partial charge in [-0.05, 0) is 131 Å². The lowest BCUT2D eigenvalue weighted by Crippen LogP contribution is -2.02. The average molecular weight is 1780 g/mol. The van der Waals surface area contributed by atoms with E-state index < -0.39 is 0 Å². The zero-order valence-corrected chi connectivity index (χ0v) is 73.8. The fourth-order valence-electron chi connectivity index (χ4n) is 20.8. The second-order valence-electron chi connectivity index (χ2n) is 33.7. The fraction of sp³-hybridized carbons (Fsp3) is 0. The lowest BCUT2D eigenvalue weighted by molar-refractivity contribution is 0.655. The first-order valence-corrected chi connectivity index (χ1v) is 48.0. The van der Waals surface area contributed by atoms with Crippen molar-refractivity contribution in [2.75, 3.05) is 0 Å². The average Bonchev–Trinajstić information content (AvgIpc) is 1.56. The van der Waals surface area contributed by atoms with Crippen molar-refractivity contribution in [3.05, 3.63) is 382 Å². The van der Waals surface area contributed by atoms with E-state index in [0.717, 1.165) is 136 Å². The highest BCUT2D eigenvalue weighted by atomic mass is 32.1. The number of hydrogen-bond acceptors (Lipinski definition) is 13. The Morgan fingerprint density at radius 1 is 0.205 bits per heavy atom. The highest BCUT2D eigenvalue weighted by Gasteiger charge is 2.29. The van der Waals surface area contributed by atoms with Gasteiger partial charge in [0.05, 0.1) is 55.6 Å². The Kier molecular flexibility index (Phi) is 16.0. The first kappa shape index (κ1) is 73.8. The van der Waals surface area contributed by atoms with Crippen LogP contribution in [0.15, 0.2) is 391 Å². The van der Waals surface area contributed by atoms with E-state index in [4.69, 9.17) is 38.7 Å². The summed E-state index contributed by atoms with van der Waals surface area (Å²) in [6.07, 6.45) is 0. The Hall–Kier alpha value is -16.2. The molecule has 0 saturated heterocycles. The van der Waals surface area contributed by atoms with E-state index in [-0.39, 0.29) is 0 Å². The van der Waals surface area contributed by atoms with Gasteiger partial charge in [0, 0.05) is 157 Å². The minimum absolute atomic E-state index is 0.593. The maximum Gasteiger partial charge on any atom is 0.238 e. The van der Waals surface area contributed by atoms with Gasteiger partial charge in [0.25, 0.3) is 0 Å². The Morgan fingerprint density at radius 2 is 0.606 bits per heavy atom. The summed E-state index contributed by atoms with van der Waals surface area (Å²) in [5.74, 6) is 1.97. The van der Waals surface area contributed by atoms with Crippen molar-refractivity contribution in [2.24, 2.45) is 0 Å². The Morgan fingerprint density at radius 3 is 1.20 bits per heavy atom. The van der Waals surface area contributed by atoms with Crippen molar-refractivity contribution in [1.29, 1.82) is 0 Å². The lowest BCUT2D eigenvalue weighted by atomic mass is 9.99. The zero-order chi connectivity index (χ0) is 86.1. The molecule has 0 bridgehead atoms. The second kappa shape index (κ2) is 28.7. The molecule has 0 radical (unpaired) electrons. The molecule has 11 nitrogen and oxygen atoms in total. The van der Waals surface area contributed by atoms with E-state index in [1.165, 1.54) is 124 Å². The first-order valence-electron chi connectivity index (χ1n) is 43.9. The van der Waals surface area contributed by atoms with Crippen molar-refractivity contribution in [3.8, 4) is 51.6 Å². The molecule has 0 aliphatic heterocycles. The third-order valence-electron chi connectivity index (χ3n) is 26.5. The predicted octanol–water partition coefficient (Wildman–Crippen LogP) is 33.7. The van der Waals surface area contributed by atoms with Gasteiger partial charge in [0.2, 0.25) is 23.6 Å². The highest BCUT2D eigenvalue weighted by molar-refractivity contribution is 7.30. The highest BCUT2D eigenvalue weighted by Crippen LogP contribution is 2.52. The molecule has 0 aliphatic rings. The molecule has 614 valence electrons. The monoisotopic (exact) mass is 1770 g/mol. The maximum absolute atomic E-state index is 6.84. The summed E-state index contributed by atoms with van der Waals surface area (Å²) in [5.41, 5.74) is 15.8. The van der Waals surface area contributed by atoms with E-state index >= 15 is 0 Å². The van der Waals surface area contributed by atoms with E-state index in [1.54, 1.807) is 34.0 Å². The van der Waals surface area contributed by atoms with Crippen LogP contribution < -0.4 is 0 Å². The molecule has 18 aromatic carbocycles. The third kappa shape index (κ3) is 11.0. The normalized spacial score (nSPS) is 12.2. The molecule has 31 rings (SSSR count). The number of para-hydroxylation sites is 7. The minimum atomic E-state index is 0.593. The Labute approximate surface area is 768 Å². The van der Waals surface area contributed by atoms with E-state index in [1.807, 2.05) is 34.8 Å². The summed E-state index contributed by atoms with van der Waals surface area (Å²) in [6, 6.07) is 136. The number of rotatable bonds is 6. The van der Waals surface area contributed by atoms with Crippen molar-refractivity contribution >= 4 is 289 Å². The van der Waals surface area contributed by atoms with Gasteiger partial charge in [-0.3, -0.25) is 13.7 Å². The van der Waals surface area contributed by atoms with Crippen molar-refractivity contribution in [3.63, 3.8) is 0 Å². The number of aromatic nitrogens is 9. The van der Waals surface area contributed by atoms with Gasteiger partial charge >= 0.3 is 0 Å². The van der Waals surface area contributed by atoms with Crippen LogP contribution in [0.3, 0.4) is 0 Å². The Balaban J connectivity index is 0.0000000971. The summed E-state index contributed by atoms with van der Waals surface area (Å²) in [5, 5.41) is 28.2. The van der Waals surface area contributed by atoms with Crippen LogP contribution >= 0.6 is 56.7 Å². The van der Waals surface area contributed by atoms with Crippen molar-refractivity contribution in [2.45, 2.75) is 0 Å². The van der Waals surface area contributed by atoms with Crippen LogP contribution in [-0.2, 0) is 0 Å². The van der Waals surface area contributed by atoms with Crippen LogP contribution in [0.2, 0.25) is 0 Å². The van der Waals surface area contributed by atoms with Crippen molar-refractivity contribution in [1.82, 2.24) is 43.6 Å². The quantitative estimate of drug-likeness (QED) is 0.162. The van der Waals surface area contributed by atoms with Crippen LogP contribution in [-0.4, -0.2) is 43.6 Å². The molecular weight excluding hydrogens is 1710 g/mol. The second-order valence-corrected chi connectivity index (χ2v) is 39.0. The van der Waals surface area contributed by atoms with Crippen molar-refractivity contribution < 1.29 is 8.83 Å². The van der Waals surface area contributed by atoms with Gasteiger partial charge in [-0.1, -0.05) is 273 Å². The molecule has 0 N–H and O–H groups in total. The molecule has 132 heavy (non-hydrogen) atoms. The molecule has 16 heteroatoms. The number of hydrogen-bond donors (Lipinski definition) is 0. The fourth-order valence-corrected chi connectivity index (χ4v) is 26.6. The largest absolute Gasteiger partial charge is 0.456 e. The van der Waals surface area contributed by atoms with Gasteiger partial charge in [0.15, 0.2) is 0 Å². The number of thiophene rings is 5. The number of furan rings is 2. The van der Waals surface area contributed by atoms with Gasteiger partial charge < -0.3 is 8.83 Å². The molecule has 13 aromatic heterocycles. The van der Waals surface area contributed by atoms with Gasteiger partial charge in [-0.2, -0.15) is 4.98 Å². The molecule has 31 aromatic rings. The minimum Gasteiger partial charge on any atom is -0.456 e. The molecule has 0 unspecified atom stereocenters. The van der Waals surface area contributed by atoms with Gasteiger partial charge in [-0.25, -0.2) is 24.9 Å². The topological polar surface area (TPSA) is 118 Å². The van der Waals surface area contributed by atoms with E-state index in [2.05, 4.69) is 384 Å². The summed E-state index contributed by atoms with van der Waals surface area (Å²) >= 11 is 8.99. The number of nitrogens with zero attached hydrogens (tertiary/aromatic N) is 9. The number of fused-ring (bicyclic) bond motifs is 35. The third-order valence-corrected chi connectivity index (χ3v) is 32.2. The van der Waals surface area contributed by atoms with Crippen LogP contribution in [0.1, 0.15) is 0 Å². The molecule has 0 fully saturated rings. The lowest BCUT2D eigenvalue weighted by Gasteiger charge is -2.12. The van der Waals surface area contributed by atoms with Gasteiger partial charge in [0.1, 0.15) is 26.4 Å². The summed E-state index contributed by atoms with van der Waals surface area (Å²) in [4.78, 5) is 34.2. The molecule has 0 aliphatic carbocycles. The SMILES string of the molecule is c1ccc2c(-c3nc(-n4c5ccccc5c5ccccc54)nc4sc5c(ccc6sc7ccccc7c65)c34)cccc2c1.c1ccc2c(c1)sc1ccc(-c3nc(-n4c5ccccc5c5ccccc54)nc4oc5c(ccc6sc7ccccc7c65)c34)cc12.c1ccc2cc(-c3nc(-n4c5ccccc5c5ccccc54)nc4sc5c(ccc6oc7ccccc7c65)c34)ccc2c1. The van der Waals surface area contributed by atoms with E-state index in [9.17, 15) is 0 Å². The van der Waals surface area contributed by atoms with E-state index in [0.29, 0.717) is 23.6 Å². The number of benzene rings is 18. The standard InChI is InChI=1S/C40H21N3OS2.C38H21N3OS.C38H21N3S2/c1-5-13-29-23(9-1)24-10-2-6-14-30(24)43(29)40-41-37(22-17-19-33-28(21-22)25-11-3-7-15-31(25)45-33)36-27-18-20-34-35(38(27)44-39(36)42-40)26-12-4-8-16-32(26)46-34;1-2-10-23-21-24(18-17-22(23)9-1)35-34-28-19-20-32-33(27-13-5-8-16-31(27)42-32)36(28)43-37(34)40-38(39-35)41-29-14-6-3-11-25(29)26-12-4-7-15-30(26)41;1-2-12-23-22(10-1)11-9-16-26(23)35-34-28-20-21-32-33(27-15-5-8-19-31(27)42-32)36(28)43-37(34)40-38(39-35)41-29-17-6-3-13-24(29)25-14-4-7-18-30(25)41/h1-21H;2*1-21H. The van der Waals surface area contributed by atoms with Crippen LogP contribution in [0.25, 0.3) is 284 Å². The Bertz CT molecular complexity index is 10200. The summed E-state index contributed by atoms with van der Waals surface area (Å²) < 4.78 is 29.8. The molecule has 0 amide bonds. The smallest absolute Gasteiger partial charge is 0.238 e. The predicted molar refractivity (Wildman–Crippen MR) is 559 cm³/mol. The molecule has 0 saturated carbocycles. The first-order chi connectivity index (χ1) is 65.4.